The fourth-order valence-corrected chi connectivity index (χ4v) is 2.49. The van der Waals surface area contributed by atoms with E-state index in [9.17, 15) is 18.4 Å². The average molecular weight is 313 g/mol. The van der Waals surface area contributed by atoms with Crippen molar-refractivity contribution in [1.29, 1.82) is 0 Å². The normalized spacial score (nSPS) is 17.8. The number of rotatable bonds is 4. The van der Waals surface area contributed by atoms with Gasteiger partial charge in [-0.15, -0.1) is 0 Å². The average Bonchev–Trinajstić information content (AvgIpc) is 2.46. The molecule has 0 saturated heterocycles. The van der Waals surface area contributed by atoms with E-state index in [1.165, 1.54) is 25.3 Å². The van der Waals surface area contributed by atoms with Gasteiger partial charge in [-0.2, -0.15) is 0 Å². The molecule has 0 bridgehead atoms. The number of carboxylic acids is 1. The molecule has 0 unspecified atom stereocenters. The second-order valence-corrected chi connectivity index (χ2v) is 5.34. The molecule has 5 nitrogen and oxygen atoms in total. The molecule has 0 atom stereocenters. The minimum absolute atomic E-state index is 0.0159. The number of nitrogens with one attached hydrogen (secondary N) is 1. The molecule has 1 amide bonds. The molecule has 1 aliphatic rings. The zero-order valence-electron chi connectivity index (χ0n) is 12.1. The highest BCUT2D eigenvalue weighted by Crippen LogP contribution is 2.36. The van der Waals surface area contributed by atoms with Crippen LogP contribution in [0.2, 0.25) is 0 Å². The lowest BCUT2D eigenvalue weighted by molar-refractivity contribution is -0.124. The zero-order valence-corrected chi connectivity index (χ0v) is 12.1. The van der Waals surface area contributed by atoms with Crippen molar-refractivity contribution >= 4 is 17.6 Å². The molecule has 120 valence electrons. The van der Waals surface area contributed by atoms with Crippen molar-refractivity contribution in [2.75, 3.05) is 12.4 Å². The van der Waals surface area contributed by atoms with Gasteiger partial charge >= 0.3 is 5.97 Å². The van der Waals surface area contributed by atoms with Crippen molar-refractivity contribution in [3.05, 3.63) is 23.8 Å². The number of methoxy groups -OCH3 is 1. The number of carbonyl (C=O) groups is 2. The third-order valence-corrected chi connectivity index (χ3v) is 3.79. The van der Waals surface area contributed by atoms with Crippen molar-refractivity contribution in [3.8, 4) is 5.75 Å². The van der Waals surface area contributed by atoms with E-state index < -0.39 is 17.8 Å². The summed E-state index contributed by atoms with van der Waals surface area (Å²) in [5.41, 5.74) is 0.363. The van der Waals surface area contributed by atoms with E-state index in [-0.39, 0.29) is 42.9 Å². The van der Waals surface area contributed by atoms with E-state index in [0.29, 0.717) is 5.69 Å². The Kier molecular flexibility index (Phi) is 4.63. The molecule has 1 aromatic rings. The number of carbonyl (C=O) groups excluding carboxylic acids is 1. The van der Waals surface area contributed by atoms with Crippen LogP contribution >= 0.6 is 0 Å². The Labute approximate surface area is 126 Å². The summed E-state index contributed by atoms with van der Waals surface area (Å²) in [5.74, 6) is -4.47. The van der Waals surface area contributed by atoms with Crippen molar-refractivity contribution in [2.24, 2.45) is 5.92 Å². The zero-order chi connectivity index (χ0) is 16.3. The van der Waals surface area contributed by atoms with E-state index in [0.717, 1.165) is 0 Å². The standard InChI is InChI=1S/C15H17F2NO4/c1-22-12-8-10(2-3-11(12)14(20)21)18-13(19)9-4-6-15(16,17)7-5-9/h2-3,8-9H,4-7H2,1H3,(H,18,19)(H,20,21). The molecule has 7 heteroatoms. The topological polar surface area (TPSA) is 75.6 Å². The molecule has 2 N–H and O–H groups in total. The molecule has 1 aliphatic carbocycles. The van der Waals surface area contributed by atoms with Crippen molar-refractivity contribution in [3.63, 3.8) is 0 Å². The predicted molar refractivity (Wildman–Crippen MR) is 75.5 cm³/mol. The number of hydrogen-bond acceptors (Lipinski definition) is 3. The van der Waals surface area contributed by atoms with Gasteiger partial charge < -0.3 is 15.2 Å². The Morgan fingerprint density at radius 1 is 1.32 bits per heavy atom. The third kappa shape index (κ3) is 3.72. The molecule has 0 spiro atoms. The van der Waals surface area contributed by atoms with E-state index in [4.69, 9.17) is 9.84 Å². The molecular formula is C15H17F2NO4. The molecule has 0 aromatic heterocycles. The molecule has 0 radical (unpaired) electrons. The van der Waals surface area contributed by atoms with Crippen molar-refractivity contribution in [1.82, 2.24) is 0 Å². The van der Waals surface area contributed by atoms with Crippen molar-refractivity contribution in [2.45, 2.75) is 31.6 Å². The molecule has 0 aliphatic heterocycles. The van der Waals surface area contributed by atoms with Crippen LogP contribution < -0.4 is 10.1 Å². The maximum atomic E-state index is 13.1. The Hall–Kier alpha value is -2.18. The molecule has 2 rings (SSSR count). The van der Waals surface area contributed by atoms with Gasteiger partial charge in [-0.25, -0.2) is 13.6 Å². The van der Waals surface area contributed by atoms with Crippen LogP contribution in [0, 0.1) is 5.92 Å². The Morgan fingerprint density at radius 2 is 1.95 bits per heavy atom. The SMILES string of the molecule is COc1cc(NC(=O)C2CCC(F)(F)CC2)ccc1C(=O)O. The summed E-state index contributed by atoms with van der Waals surface area (Å²) in [6.45, 7) is 0. The van der Waals surface area contributed by atoms with Gasteiger partial charge in [-0.05, 0) is 25.0 Å². The van der Waals surface area contributed by atoms with Gasteiger partial charge in [-0.3, -0.25) is 4.79 Å². The van der Waals surface area contributed by atoms with Crippen LogP contribution in [0.5, 0.6) is 5.75 Å². The number of amides is 1. The smallest absolute Gasteiger partial charge is 0.339 e. The largest absolute Gasteiger partial charge is 0.496 e. The fraction of sp³-hybridized carbons (Fsp3) is 0.467. The highest BCUT2D eigenvalue weighted by molar-refractivity contribution is 5.95. The number of anilines is 1. The van der Waals surface area contributed by atoms with Crippen LogP contribution in [-0.4, -0.2) is 30.0 Å². The lowest BCUT2D eigenvalue weighted by Gasteiger charge is -2.27. The lowest BCUT2D eigenvalue weighted by atomic mass is 9.86. The predicted octanol–water partition coefficient (Wildman–Crippen LogP) is 3.16. The number of ether oxygens (including phenoxy) is 1. The Morgan fingerprint density at radius 3 is 2.50 bits per heavy atom. The second-order valence-electron chi connectivity index (χ2n) is 5.34. The van der Waals surface area contributed by atoms with E-state index in [1.807, 2.05) is 0 Å². The summed E-state index contributed by atoms with van der Waals surface area (Å²) in [6, 6.07) is 4.17. The van der Waals surface area contributed by atoms with Crippen LogP contribution in [0.1, 0.15) is 36.0 Å². The molecular weight excluding hydrogens is 296 g/mol. The summed E-state index contributed by atoms with van der Waals surface area (Å²) >= 11 is 0. The van der Waals surface area contributed by atoms with Gasteiger partial charge in [0.15, 0.2) is 0 Å². The lowest BCUT2D eigenvalue weighted by Crippen LogP contribution is -2.31. The van der Waals surface area contributed by atoms with Gasteiger partial charge in [0.25, 0.3) is 0 Å². The number of benzene rings is 1. The first-order valence-electron chi connectivity index (χ1n) is 6.92. The van der Waals surface area contributed by atoms with Gasteiger partial charge in [-0.1, -0.05) is 0 Å². The van der Waals surface area contributed by atoms with Gasteiger partial charge in [0, 0.05) is 30.5 Å². The molecule has 22 heavy (non-hydrogen) atoms. The number of alkyl halides is 2. The first-order valence-corrected chi connectivity index (χ1v) is 6.92. The van der Waals surface area contributed by atoms with Crippen LogP contribution in [-0.2, 0) is 4.79 Å². The molecule has 1 fully saturated rings. The summed E-state index contributed by atoms with van der Waals surface area (Å²) in [7, 11) is 1.33. The van der Waals surface area contributed by atoms with Crippen LogP contribution in [0.4, 0.5) is 14.5 Å². The number of halogens is 2. The molecule has 1 saturated carbocycles. The maximum Gasteiger partial charge on any atom is 0.339 e. The summed E-state index contributed by atoms with van der Waals surface area (Å²) in [6.07, 6.45) is -0.287. The quantitative estimate of drug-likeness (QED) is 0.895. The fourth-order valence-electron chi connectivity index (χ4n) is 2.49. The van der Waals surface area contributed by atoms with E-state index >= 15 is 0 Å². The number of hydrogen-bond donors (Lipinski definition) is 2. The van der Waals surface area contributed by atoms with Gasteiger partial charge in [0.05, 0.1) is 7.11 Å². The van der Waals surface area contributed by atoms with Crippen molar-refractivity contribution < 1.29 is 28.2 Å². The third-order valence-electron chi connectivity index (χ3n) is 3.79. The first kappa shape index (κ1) is 16.2. The van der Waals surface area contributed by atoms with Gasteiger partial charge in [0.2, 0.25) is 11.8 Å². The van der Waals surface area contributed by atoms with Gasteiger partial charge in [0.1, 0.15) is 11.3 Å². The molecule has 0 heterocycles. The summed E-state index contributed by atoms with van der Waals surface area (Å²) in [5, 5.41) is 11.6. The maximum absolute atomic E-state index is 13.1. The van der Waals surface area contributed by atoms with E-state index in [2.05, 4.69) is 5.32 Å². The van der Waals surface area contributed by atoms with E-state index in [1.54, 1.807) is 0 Å². The van der Waals surface area contributed by atoms with Crippen LogP contribution in [0.3, 0.4) is 0 Å². The van der Waals surface area contributed by atoms with Crippen LogP contribution in [0.25, 0.3) is 0 Å². The molecule has 1 aromatic carbocycles. The van der Waals surface area contributed by atoms with Crippen LogP contribution in [0.15, 0.2) is 18.2 Å². The first-order chi connectivity index (χ1) is 10.3. The monoisotopic (exact) mass is 313 g/mol. The Bertz CT molecular complexity index is 579. The minimum atomic E-state index is -2.68. The second kappa shape index (κ2) is 6.29. The highest BCUT2D eigenvalue weighted by atomic mass is 19.3. The Balaban J connectivity index is 2.04. The number of aromatic carboxylic acids is 1. The summed E-state index contributed by atoms with van der Waals surface area (Å²) < 4.78 is 31.1. The highest BCUT2D eigenvalue weighted by Gasteiger charge is 2.37. The number of carboxylic acid groups (broad SMARTS) is 1. The minimum Gasteiger partial charge on any atom is -0.496 e. The summed E-state index contributed by atoms with van der Waals surface area (Å²) in [4.78, 5) is 23.1.